The van der Waals surface area contributed by atoms with Gasteiger partial charge in [0.25, 0.3) is 12.0 Å². The molecule has 0 saturated heterocycles. The summed E-state index contributed by atoms with van der Waals surface area (Å²) in [5, 5.41) is 4.03. The van der Waals surface area contributed by atoms with Crippen LogP contribution in [0.15, 0.2) is 35.3 Å². The molecule has 1 aromatic carbocycles. The van der Waals surface area contributed by atoms with Gasteiger partial charge in [0, 0.05) is 29.9 Å². The highest BCUT2D eigenvalue weighted by Gasteiger charge is 2.34. The van der Waals surface area contributed by atoms with Crippen LogP contribution in [0.25, 0.3) is 10.9 Å². The van der Waals surface area contributed by atoms with E-state index in [-0.39, 0.29) is 24.1 Å². The third-order valence-electron chi connectivity index (χ3n) is 6.02. The highest BCUT2D eigenvalue weighted by molar-refractivity contribution is 5.88. The van der Waals surface area contributed by atoms with Gasteiger partial charge in [-0.05, 0) is 51.2 Å². The van der Waals surface area contributed by atoms with E-state index in [4.69, 9.17) is 0 Å². The van der Waals surface area contributed by atoms with E-state index in [0.29, 0.717) is 29.3 Å². The average Bonchev–Trinajstić information content (AvgIpc) is 2.64. The van der Waals surface area contributed by atoms with Crippen LogP contribution in [-0.4, -0.2) is 14.5 Å². The maximum absolute atomic E-state index is 13.2. The second-order valence-electron chi connectivity index (χ2n) is 8.04. The Labute approximate surface area is 175 Å². The topological polar surface area (TPSA) is 59.8 Å². The van der Waals surface area contributed by atoms with Crippen LogP contribution >= 0.6 is 0 Å². The molecule has 0 aliphatic heterocycles. The quantitative estimate of drug-likeness (QED) is 0.599. The number of anilines is 1. The van der Waals surface area contributed by atoms with E-state index in [9.17, 15) is 13.6 Å². The molecule has 0 radical (unpaired) electrons. The van der Waals surface area contributed by atoms with Crippen molar-refractivity contribution in [2.24, 2.45) is 0 Å². The number of aromatic nitrogens is 3. The zero-order valence-electron chi connectivity index (χ0n) is 16.8. The predicted octanol–water partition coefficient (Wildman–Crippen LogP) is 5.49. The molecule has 0 spiro atoms. The maximum atomic E-state index is 13.2. The Hall–Kier alpha value is -2.83. The first kappa shape index (κ1) is 21.9. The maximum Gasteiger partial charge on any atom is 0.264 e. The second-order valence-corrected chi connectivity index (χ2v) is 8.04. The lowest BCUT2D eigenvalue weighted by Gasteiger charge is -2.40. The first-order chi connectivity index (χ1) is 13.8. The largest absolute Gasteiger partial charge is 0.365 e. The standard InChI is InChI=1S/C22H24F2N4O.CH4/c1-13-15(6-4-7-16(13)20(23)24)11-25-21-17-12-28(22(3)8-5-9-22)19(29)10-18(17)26-14(2)27-21;/h4,6-7,10,12,20H,5,8-9,11H2,1-3H3,(H,25,26,27);1H4. The lowest BCUT2D eigenvalue weighted by Crippen LogP contribution is -2.43. The van der Waals surface area contributed by atoms with E-state index in [1.54, 1.807) is 30.5 Å². The van der Waals surface area contributed by atoms with E-state index >= 15 is 0 Å². The van der Waals surface area contributed by atoms with Crippen LogP contribution < -0.4 is 10.9 Å². The number of hydrogen-bond donors (Lipinski definition) is 1. The van der Waals surface area contributed by atoms with Gasteiger partial charge in [-0.2, -0.15) is 0 Å². The summed E-state index contributed by atoms with van der Waals surface area (Å²) in [5.41, 5.74) is 1.75. The molecule has 0 unspecified atom stereocenters. The van der Waals surface area contributed by atoms with Gasteiger partial charge in [-0.15, -0.1) is 0 Å². The van der Waals surface area contributed by atoms with Crippen LogP contribution in [0.3, 0.4) is 0 Å². The smallest absolute Gasteiger partial charge is 0.264 e. The highest BCUT2D eigenvalue weighted by atomic mass is 19.3. The van der Waals surface area contributed by atoms with Gasteiger partial charge in [0.15, 0.2) is 0 Å². The summed E-state index contributed by atoms with van der Waals surface area (Å²) in [7, 11) is 0. The van der Waals surface area contributed by atoms with Gasteiger partial charge in [0.2, 0.25) is 0 Å². The number of halogens is 2. The number of hydrogen-bond acceptors (Lipinski definition) is 4. The number of benzene rings is 1. The summed E-state index contributed by atoms with van der Waals surface area (Å²) in [5.74, 6) is 1.15. The van der Waals surface area contributed by atoms with Crippen molar-refractivity contribution < 1.29 is 8.78 Å². The van der Waals surface area contributed by atoms with E-state index in [1.165, 1.54) is 6.07 Å². The van der Waals surface area contributed by atoms with Crippen molar-refractivity contribution in [2.45, 2.75) is 66.0 Å². The fourth-order valence-corrected chi connectivity index (χ4v) is 4.02. The van der Waals surface area contributed by atoms with Gasteiger partial charge >= 0.3 is 0 Å². The molecule has 2 heterocycles. The third-order valence-corrected chi connectivity index (χ3v) is 6.02. The molecule has 0 atom stereocenters. The van der Waals surface area contributed by atoms with Crippen molar-refractivity contribution in [3.8, 4) is 0 Å². The average molecular weight is 415 g/mol. The van der Waals surface area contributed by atoms with Gasteiger partial charge in [0.1, 0.15) is 11.6 Å². The molecule has 7 heteroatoms. The number of fused-ring (bicyclic) bond motifs is 1. The summed E-state index contributed by atoms with van der Waals surface area (Å²) >= 11 is 0. The van der Waals surface area contributed by atoms with Crippen molar-refractivity contribution in [1.29, 1.82) is 0 Å². The lowest BCUT2D eigenvalue weighted by molar-refractivity contribution is 0.150. The summed E-state index contributed by atoms with van der Waals surface area (Å²) in [6.45, 7) is 5.92. The molecule has 4 rings (SSSR count). The molecule has 1 aliphatic carbocycles. The zero-order valence-corrected chi connectivity index (χ0v) is 16.8. The summed E-state index contributed by atoms with van der Waals surface area (Å²) in [6.07, 6.45) is 2.37. The molecular formula is C23H28F2N4O. The highest BCUT2D eigenvalue weighted by Crippen LogP contribution is 2.38. The van der Waals surface area contributed by atoms with Crippen molar-refractivity contribution in [1.82, 2.24) is 14.5 Å². The van der Waals surface area contributed by atoms with Crippen molar-refractivity contribution in [2.75, 3.05) is 5.32 Å². The first-order valence-electron chi connectivity index (χ1n) is 9.80. The van der Waals surface area contributed by atoms with Gasteiger partial charge in [-0.3, -0.25) is 4.79 Å². The minimum atomic E-state index is -2.50. The second kappa shape index (κ2) is 8.13. The lowest BCUT2D eigenvalue weighted by atomic mass is 9.78. The van der Waals surface area contributed by atoms with Crippen LogP contribution in [0.2, 0.25) is 0 Å². The van der Waals surface area contributed by atoms with E-state index < -0.39 is 6.43 Å². The molecule has 1 saturated carbocycles. The Bertz CT molecular complexity index is 1140. The third kappa shape index (κ3) is 3.80. The fourth-order valence-electron chi connectivity index (χ4n) is 4.02. The number of rotatable bonds is 5. The van der Waals surface area contributed by atoms with Crippen LogP contribution in [0, 0.1) is 13.8 Å². The Balaban J connectivity index is 0.00000256. The molecular weight excluding hydrogens is 386 g/mol. The van der Waals surface area contributed by atoms with Crippen LogP contribution in [0.4, 0.5) is 14.6 Å². The number of alkyl halides is 2. The van der Waals surface area contributed by atoms with Crippen LogP contribution in [0.1, 0.15) is 62.6 Å². The van der Waals surface area contributed by atoms with Crippen molar-refractivity contribution in [3.05, 3.63) is 63.3 Å². The zero-order chi connectivity index (χ0) is 20.8. The molecule has 30 heavy (non-hydrogen) atoms. The molecule has 3 aromatic rings. The number of aryl methyl sites for hydroxylation is 1. The Morgan fingerprint density at radius 1 is 1.23 bits per heavy atom. The minimum Gasteiger partial charge on any atom is -0.365 e. The van der Waals surface area contributed by atoms with E-state index in [1.807, 2.05) is 12.3 Å². The Morgan fingerprint density at radius 3 is 2.60 bits per heavy atom. The summed E-state index contributed by atoms with van der Waals surface area (Å²) < 4.78 is 28.2. The monoisotopic (exact) mass is 414 g/mol. The fraction of sp³-hybridized carbons (Fsp3) is 0.435. The van der Waals surface area contributed by atoms with Crippen LogP contribution in [-0.2, 0) is 12.1 Å². The van der Waals surface area contributed by atoms with Gasteiger partial charge < -0.3 is 9.88 Å². The predicted molar refractivity (Wildman–Crippen MR) is 116 cm³/mol. The van der Waals surface area contributed by atoms with Crippen molar-refractivity contribution >= 4 is 16.7 Å². The minimum absolute atomic E-state index is 0. The molecule has 0 amide bonds. The number of pyridine rings is 1. The molecule has 160 valence electrons. The molecule has 0 bridgehead atoms. The molecule has 1 N–H and O–H groups in total. The molecule has 1 aliphatic rings. The normalized spacial score (nSPS) is 15.0. The van der Waals surface area contributed by atoms with E-state index in [0.717, 1.165) is 30.2 Å². The molecule has 1 fully saturated rings. The first-order valence-corrected chi connectivity index (χ1v) is 9.80. The summed E-state index contributed by atoms with van der Waals surface area (Å²) in [4.78, 5) is 21.6. The van der Waals surface area contributed by atoms with E-state index in [2.05, 4.69) is 22.2 Å². The molecule has 5 nitrogen and oxygen atoms in total. The Morgan fingerprint density at radius 2 is 1.97 bits per heavy atom. The van der Waals surface area contributed by atoms with Gasteiger partial charge in [-0.25, -0.2) is 18.7 Å². The van der Waals surface area contributed by atoms with Crippen LogP contribution in [0.5, 0.6) is 0 Å². The molecule has 2 aromatic heterocycles. The SMILES string of the molecule is C.Cc1nc(NCc2cccc(C(F)F)c2C)c2cn(C3(C)CCC3)c(=O)cc2n1. The number of nitrogens with one attached hydrogen (secondary N) is 1. The van der Waals surface area contributed by atoms with Gasteiger partial charge in [0.05, 0.1) is 10.9 Å². The van der Waals surface area contributed by atoms with Gasteiger partial charge in [-0.1, -0.05) is 25.6 Å². The van der Waals surface area contributed by atoms with Crippen molar-refractivity contribution in [3.63, 3.8) is 0 Å². The Kier molecular flexibility index (Phi) is 5.92. The summed E-state index contributed by atoms with van der Waals surface area (Å²) in [6, 6.07) is 6.48. The number of nitrogens with zero attached hydrogens (tertiary/aromatic N) is 3.